The molecule has 1 rings (SSSR count). The predicted octanol–water partition coefficient (Wildman–Crippen LogP) is -0.0378. The zero-order valence-electron chi connectivity index (χ0n) is 7.25. The van der Waals surface area contributed by atoms with Crippen LogP contribution in [0.25, 0.3) is 0 Å². The van der Waals surface area contributed by atoms with Crippen molar-refractivity contribution in [2.45, 2.75) is 12.8 Å². The first-order valence-electron chi connectivity index (χ1n) is 4.13. The molecule has 72 valence electrons. The molecule has 0 amide bonds. The molecule has 0 bridgehead atoms. The molecule has 1 aliphatic heterocycles. The summed E-state index contributed by atoms with van der Waals surface area (Å²) in [5.74, 6) is 0.355. The van der Waals surface area contributed by atoms with Crippen molar-refractivity contribution in [3.63, 3.8) is 0 Å². The molecule has 1 aliphatic rings. The first-order chi connectivity index (χ1) is 5.58. The van der Waals surface area contributed by atoms with E-state index in [2.05, 4.69) is 5.32 Å². The standard InChI is InChI=1S/C7H15NO3S/c1-12(9,10)11-6-7-3-2-4-8-5-7/h7-8H,2-6H2,1H3/t7-/m0/s1. The van der Waals surface area contributed by atoms with Gasteiger partial charge in [0.05, 0.1) is 12.9 Å². The van der Waals surface area contributed by atoms with Crippen LogP contribution in [0.15, 0.2) is 0 Å². The van der Waals surface area contributed by atoms with Crippen molar-refractivity contribution in [2.75, 3.05) is 26.0 Å². The molecule has 1 heterocycles. The SMILES string of the molecule is CS(=O)(=O)OC[C@H]1CCCNC1. The fourth-order valence-corrected chi connectivity index (χ4v) is 1.73. The molecule has 1 N–H and O–H groups in total. The minimum atomic E-state index is -3.25. The first kappa shape index (κ1) is 9.95. The van der Waals surface area contributed by atoms with Gasteiger partial charge in [-0.2, -0.15) is 8.42 Å². The molecule has 0 aromatic carbocycles. The Morgan fingerprint density at radius 1 is 1.58 bits per heavy atom. The molecule has 0 spiro atoms. The summed E-state index contributed by atoms with van der Waals surface area (Å²) in [5, 5.41) is 3.20. The van der Waals surface area contributed by atoms with Crippen LogP contribution in [0.3, 0.4) is 0 Å². The lowest BCUT2D eigenvalue weighted by atomic mass is 10.0. The van der Waals surface area contributed by atoms with Gasteiger partial charge in [-0.05, 0) is 25.3 Å². The molecular formula is C7H15NO3S. The Morgan fingerprint density at radius 2 is 2.33 bits per heavy atom. The lowest BCUT2D eigenvalue weighted by molar-refractivity contribution is 0.225. The Labute approximate surface area is 73.4 Å². The van der Waals surface area contributed by atoms with Crippen molar-refractivity contribution >= 4 is 10.1 Å². The van der Waals surface area contributed by atoms with Gasteiger partial charge in [0.1, 0.15) is 0 Å². The summed E-state index contributed by atoms with van der Waals surface area (Å²) in [6.07, 6.45) is 3.25. The van der Waals surface area contributed by atoms with Crippen LogP contribution in [0.2, 0.25) is 0 Å². The third kappa shape index (κ3) is 4.04. The van der Waals surface area contributed by atoms with Crippen LogP contribution >= 0.6 is 0 Å². The van der Waals surface area contributed by atoms with E-state index >= 15 is 0 Å². The zero-order chi connectivity index (χ0) is 9.03. The van der Waals surface area contributed by atoms with E-state index in [9.17, 15) is 8.42 Å². The highest BCUT2D eigenvalue weighted by atomic mass is 32.2. The van der Waals surface area contributed by atoms with Gasteiger partial charge in [0.15, 0.2) is 0 Å². The Bertz CT molecular complexity index is 219. The Kier molecular flexibility index (Phi) is 3.49. The summed E-state index contributed by atoms with van der Waals surface area (Å²) < 4.78 is 26.0. The normalized spacial score (nSPS) is 25.6. The minimum absolute atomic E-state index is 0.325. The summed E-state index contributed by atoms with van der Waals surface area (Å²) in [6, 6.07) is 0. The molecular weight excluding hydrogens is 178 g/mol. The van der Waals surface area contributed by atoms with E-state index in [-0.39, 0.29) is 0 Å². The van der Waals surface area contributed by atoms with E-state index in [0.717, 1.165) is 32.2 Å². The number of piperidine rings is 1. The van der Waals surface area contributed by atoms with Gasteiger partial charge in [-0.3, -0.25) is 4.18 Å². The molecule has 0 radical (unpaired) electrons. The molecule has 1 saturated heterocycles. The maximum absolute atomic E-state index is 10.6. The molecule has 12 heavy (non-hydrogen) atoms. The average Bonchev–Trinajstić information content (AvgIpc) is 2.02. The lowest BCUT2D eigenvalue weighted by Crippen LogP contribution is -2.32. The topological polar surface area (TPSA) is 55.4 Å². The number of hydrogen-bond acceptors (Lipinski definition) is 4. The van der Waals surface area contributed by atoms with Crippen molar-refractivity contribution < 1.29 is 12.6 Å². The van der Waals surface area contributed by atoms with Crippen molar-refractivity contribution in [1.29, 1.82) is 0 Å². The summed E-state index contributed by atoms with van der Waals surface area (Å²) in [5.41, 5.74) is 0. The second-order valence-electron chi connectivity index (χ2n) is 3.20. The van der Waals surface area contributed by atoms with Gasteiger partial charge in [-0.15, -0.1) is 0 Å². The van der Waals surface area contributed by atoms with Crippen LogP contribution in [-0.2, 0) is 14.3 Å². The smallest absolute Gasteiger partial charge is 0.264 e. The van der Waals surface area contributed by atoms with Gasteiger partial charge >= 0.3 is 0 Å². The van der Waals surface area contributed by atoms with Gasteiger partial charge in [-0.1, -0.05) is 0 Å². The largest absolute Gasteiger partial charge is 0.316 e. The molecule has 1 fully saturated rings. The van der Waals surface area contributed by atoms with Crippen LogP contribution in [-0.4, -0.2) is 34.4 Å². The van der Waals surface area contributed by atoms with Crippen LogP contribution in [0, 0.1) is 5.92 Å². The molecule has 0 aromatic heterocycles. The van der Waals surface area contributed by atoms with Gasteiger partial charge in [-0.25, -0.2) is 0 Å². The number of rotatable bonds is 3. The van der Waals surface area contributed by atoms with Gasteiger partial charge in [0.25, 0.3) is 10.1 Å². The van der Waals surface area contributed by atoms with Gasteiger partial charge < -0.3 is 5.32 Å². The number of hydrogen-bond donors (Lipinski definition) is 1. The van der Waals surface area contributed by atoms with Gasteiger partial charge in [0, 0.05) is 6.54 Å². The van der Waals surface area contributed by atoms with Crippen molar-refractivity contribution in [3.8, 4) is 0 Å². The van der Waals surface area contributed by atoms with E-state index in [1.165, 1.54) is 0 Å². The monoisotopic (exact) mass is 193 g/mol. The van der Waals surface area contributed by atoms with Gasteiger partial charge in [0.2, 0.25) is 0 Å². The highest BCUT2D eigenvalue weighted by Gasteiger charge is 2.15. The molecule has 4 nitrogen and oxygen atoms in total. The summed E-state index contributed by atoms with van der Waals surface area (Å²) in [4.78, 5) is 0. The number of nitrogens with one attached hydrogen (secondary N) is 1. The van der Waals surface area contributed by atoms with Crippen molar-refractivity contribution in [1.82, 2.24) is 5.32 Å². The maximum atomic E-state index is 10.6. The highest BCUT2D eigenvalue weighted by Crippen LogP contribution is 2.10. The maximum Gasteiger partial charge on any atom is 0.264 e. The summed E-state index contributed by atoms with van der Waals surface area (Å²) >= 11 is 0. The highest BCUT2D eigenvalue weighted by molar-refractivity contribution is 7.85. The Balaban J connectivity index is 2.22. The van der Waals surface area contributed by atoms with E-state index in [0.29, 0.717) is 12.5 Å². The van der Waals surface area contributed by atoms with Crippen molar-refractivity contribution in [2.24, 2.45) is 5.92 Å². The quantitative estimate of drug-likeness (QED) is 0.639. The fourth-order valence-electron chi connectivity index (χ4n) is 1.29. The molecule has 1 atom stereocenters. The van der Waals surface area contributed by atoms with E-state index in [4.69, 9.17) is 4.18 Å². The van der Waals surface area contributed by atoms with Crippen LogP contribution in [0.4, 0.5) is 0 Å². The van der Waals surface area contributed by atoms with Crippen LogP contribution in [0.5, 0.6) is 0 Å². The van der Waals surface area contributed by atoms with Crippen LogP contribution in [0.1, 0.15) is 12.8 Å². The Morgan fingerprint density at radius 3 is 2.83 bits per heavy atom. The predicted molar refractivity (Wildman–Crippen MR) is 46.4 cm³/mol. The summed E-state index contributed by atoms with van der Waals surface area (Å²) in [6.45, 7) is 2.23. The molecule has 0 saturated carbocycles. The average molecular weight is 193 g/mol. The van der Waals surface area contributed by atoms with Crippen LogP contribution < -0.4 is 5.32 Å². The first-order valence-corrected chi connectivity index (χ1v) is 5.95. The Hall–Kier alpha value is -0.130. The third-order valence-corrected chi connectivity index (χ3v) is 2.48. The second kappa shape index (κ2) is 4.20. The molecule has 0 aliphatic carbocycles. The minimum Gasteiger partial charge on any atom is -0.316 e. The fraction of sp³-hybridized carbons (Fsp3) is 1.00. The summed E-state index contributed by atoms with van der Waals surface area (Å²) in [7, 11) is -3.25. The van der Waals surface area contributed by atoms with E-state index in [1.54, 1.807) is 0 Å². The zero-order valence-corrected chi connectivity index (χ0v) is 8.06. The molecule has 0 aromatic rings. The molecule has 5 heteroatoms. The lowest BCUT2D eigenvalue weighted by Gasteiger charge is -2.21. The van der Waals surface area contributed by atoms with E-state index < -0.39 is 10.1 Å². The molecule has 0 unspecified atom stereocenters. The second-order valence-corrected chi connectivity index (χ2v) is 4.84. The van der Waals surface area contributed by atoms with E-state index in [1.807, 2.05) is 0 Å². The third-order valence-electron chi connectivity index (χ3n) is 1.92. The van der Waals surface area contributed by atoms with Crippen molar-refractivity contribution in [3.05, 3.63) is 0 Å².